The molecule has 0 bridgehead atoms. The molecule has 1 N–H and O–H groups in total. The van der Waals surface area contributed by atoms with E-state index in [-0.39, 0.29) is 35.5 Å². The molecular formula is C23H20ClF3N2O5. The summed E-state index contributed by atoms with van der Waals surface area (Å²) in [5, 5.41) is 2.09. The van der Waals surface area contributed by atoms with Gasteiger partial charge in [0.15, 0.2) is 6.61 Å². The van der Waals surface area contributed by atoms with Gasteiger partial charge in [-0.05, 0) is 43.2 Å². The van der Waals surface area contributed by atoms with E-state index >= 15 is 0 Å². The highest BCUT2D eigenvalue weighted by Gasteiger charge is 2.34. The quantitative estimate of drug-likeness (QED) is 0.309. The molecule has 1 heterocycles. The van der Waals surface area contributed by atoms with Gasteiger partial charge >= 0.3 is 12.1 Å². The van der Waals surface area contributed by atoms with Gasteiger partial charge < -0.3 is 10.1 Å². The van der Waals surface area contributed by atoms with E-state index in [1.807, 2.05) is 0 Å². The summed E-state index contributed by atoms with van der Waals surface area (Å²) >= 11 is 5.81. The van der Waals surface area contributed by atoms with Crippen LogP contribution in [0.5, 0.6) is 0 Å². The Morgan fingerprint density at radius 2 is 1.62 bits per heavy atom. The first-order valence-electron chi connectivity index (χ1n) is 10.4. The Bertz CT molecular complexity index is 1090. The topological polar surface area (TPSA) is 92.8 Å². The van der Waals surface area contributed by atoms with Crippen LogP contribution in [0.15, 0.2) is 42.5 Å². The number of carbonyl (C=O) groups excluding carboxylic acids is 4. The minimum Gasteiger partial charge on any atom is -0.456 e. The molecule has 0 spiro atoms. The summed E-state index contributed by atoms with van der Waals surface area (Å²) in [4.78, 5) is 49.5. The molecule has 0 saturated heterocycles. The second-order valence-electron chi connectivity index (χ2n) is 7.52. The number of hydrogen-bond donors (Lipinski definition) is 1. The Morgan fingerprint density at radius 1 is 0.971 bits per heavy atom. The highest BCUT2D eigenvalue weighted by molar-refractivity contribution is 6.33. The largest absolute Gasteiger partial charge is 0.456 e. The number of ether oxygens (including phenoxy) is 1. The Hall–Kier alpha value is -3.40. The number of amides is 3. The van der Waals surface area contributed by atoms with Crippen LogP contribution in [0.1, 0.15) is 52.0 Å². The van der Waals surface area contributed by atoms with Gasteiger partial charge in [-0.1, -0.05) is 30.2 Å². The monoisotopic (exact) mass is 496 g/mol. The highest BCUT2D eigenvalue weighted by atomic mass is 35.5. The Kier molecular flexibility index (Phi) is 7.93. The lowest BCUT2D eigenvalue weighted by Crippen LogP contribution is -2.30. The fourth-order valence-electron chi connectivity index (χ4n) is 3.36. The molecule has 3 rings (SSSR count). The van der Waals surface area contributed by atoms with Crippen LogP contribution in [0.2, 0.25) is 5.02 Å². The van der Waals surface area contributed by atoms with E-state index in [9.17, 15) is 32.3 Å². The van der Waals surface area contributed by atoms with E-state index in [0.717, 1.165) is 12.1 Å². The summed E-state index contributed by atoms with van der Waals surface area (Å²) in [5.74, 6) is -2.18. The molecule has 11 heteroatoms. The van der Waals surface area contributed by atoms with Crippen LogP contribution in [0.4, 0.5) is 18.9 Å². The first-order valence-corrected chi connectivity index (χ1v) is 10.7. The lowest BCUT2D eigenvalue weighted by molar-refractivity contribution is -0.147. The van der Waals surface area contributed by atoms with Crippen molar-refractivity contribution in [1.29, 1.82) is 0 Å². The summed E-state index contributed by atoms with van der Waals surface area (Å²) in [6.07, 6.45) is -3.17. The second kappa shape index (κ2) is 10.7. The third-order valence-corrected chi connectivity index (χ3v) is 5.40. The smallest absolute Gasteiger partial charge is 0.416 e. The van der Waals surface area contributed by atoms with E-state index in [0.29, 0.717) is 36.5 Å². The summed E-state index contributed by atoms with van der Waals surface area (Å²) in [7, 11) is 0. The fraction of sp³-hybridized carbons (Fsp3) is 0.304. The van der Waals surface area contributed by atoms with Crippen LogP contribution in [-0.4, -0.2) is 41.7 Å². The average Bonchev–Trinajstić information content (AvgIpc) is 3.03. The minimum absolute atomic E-state index is 0.000284. The molecule has 0 saturated carbocycles. The molecule has 1 aliphatic heterocycles. The minimum atomic E-state index is -4.60. The molecule has 0 aromatic heterocycles. The number of benzene rings is 2. The van der Waals surface area contributed by atoms with Gasteiger partial charge in [0.2, 0.25) is 0 Å². The fourth-order valence-corrected chi connectivity index (χ4v) is 3.52. The maximum atomic E-state index is 12.8. The van der Waals surface area contributed by atoms with Gasteiger partial charge in [0, 0.05) is 13.0 Å². The number of hydrogen-bond acceptors (Lipinski definition) is 5. The van der Waals surface area contributed by atoms with Gasteiger partial charge in [-0.25, -0.2) is 0 Å². The van der Waals surface area contributed by atoms with Crippen LogP contribution < -0.4 is 5.32 Å². The molecule has 0 aliphatic carbocycles. The van der Waals surface area contributed by atoms with Gasteiger partial charge in [0.25, 0.3) is 17.7 Å². The van der Waals surface area contributed by atoms with E-state index in [2.05, 4.69) is 5.32 Å². The van der Waals surface area contributed by atoms with Crippen molar-refractivity contribution in [2.24, 2.45) is 0 Å². The number of imide groups is 1. The molecule has 1 aliphatic rings. The molecule has 0 atom stereocenters. The molecule has 0 radical (unpaired) electrons. The zero-order valence-electron chi connectivity index (χ0n) is 17.8. The van der Waals surface area contributed by atoms with Crippen molar-refractivity contribution in [1.82, 2.24) is 4.90 Å². The lowest BCUT2D eigenvalue weighted by Gasteiger charge is -2.13. The van der Waals surface area contributed by atoms with E-state index in [1.54, 1.807) is 24.3 Å². The molecule has 34 heavy (non-hydrogen) atoms. The number of esters is 1. The van der Waals surface area contributed by atoms with E-state index < -0.39 is 30.2 Å². The SMILES string of the molecule is O=C(COC(=O)CCCCCN1C(=O)c2ccccc2C1=O)Nc1cc(C(F)(F)F)ccc1Cl. The number of fused-ring (bicyclic) bond motifs is 1. The number of nitrogens with zero attached hydrogens (tertiary/aromatic N) is 1. The van der Waals surface area contributed by atoms with Crippen molar-refractivity contribution in [3.63, 3.8) is 0 Å². The van der Waals surface area contributed by atoms with Gasteiger partial charge in [0.1, 0.15) is 0 Å². The number of alkyl halides is 3. The van der Waals surface area contributed by atoms with Crippen LogP contribution in [0, 0.1) is 0 Å². The third kappa shape index (κ3) is 6.13. The van der Waals surface area contributed by atoms with E-state index in [1.165, 1.54) is 4.90 Å². The molecular weight excluding hydrogens is 477 g/mol. The van der Waals surface area contributed by atoms with Crippen molar-refractivity contribution in [3.8, 4) is 0 Å². The Morgan fingerprint density at radius 3 is 2.24 bits per heavy atom. The summed E-state index contributed by atoms with van der Waals surface area (Å²) in [6.45, 7) is -0.456. The predicted molar refractivity (Wildman–Crippen MR) is 116 cm³/mol. The number of nitrogens with one attached hydrogen (secondary N) is 1. The van der Waals surface area contributed by atoms with Crippen molar-refractivity contribution >= 4 is 41.0 Å². The Labute approximate surface area is 197 Å². The first kappa shape index (κ1) is 25.2. The standard InChI is InChI=1S/C23H20ClF3N2O5/c24-17-10-9-14(23(25,26)27)12-18(17)28-19(30)13-34-20(31)8-2-1-5-11-29-21(32)15-6-3-4-7-16(15)22(29)33/h3-4,6-7,9-10,12H,1-2,5,8,11,13H2,(H,28,30). The van der Waals surface area contributed by atoms with Crippen LogP contribution in [-0.2, 0) is 20.5 Å². The highest BCUT2D eigenvalue weighted by Crippen LogP contribution is 2.33. The zero-order valence-corrected chi connectivity index (χ0v) is 18.5. The van der Waals surface area contributed by atoms with Crippen LogP contribution in [0.3, 0.4) is 0 Å². The lowest BCUT2D eigenvalue weighted by atomic mass is 10.1. The number of anilines is 1. The summed E-state index contributed by atoms with van der Waals surface area (Å²) in [6, 6.07) is 9.06. The third-order valence-electron chi connectivity index (χ3n) is 5.07. The number of rotatable bonds is 9. The molecule has 7 nitrogen and oxygen atoms in total. The molecule has 0 unspecified atom stereocenters. The maximum absolute atomic E-state index is 12.8. The van der Waals surface area contributed by atoms with Crippen LogP contribution >= 0.6 is 11.6 Å². The number of unbranched alkanes of at least 4 members (excludes halogenated alkanes) is 2. The summed E-state index contributed by atoms with van der Waals surface area (Å²) < 4.78 is 43.2. The molecule has 0 fully saturated rings. The molecule has 2 aromatic rings. The van der Waals surface area contributed by atoms with Crippen molar-refractivity contribution in [2.75, 3.05) is 18.5 Å². The molecule has 3 amide bonds. The second-order valence-corrected chi connectivity index (χ2v) is 7.93. The zero-order chi connectivity index (χ0) is 24.9. The van der Waals surface area contributed by atoms with Crippen molar-refractivity contribution in [2.45, 2.75) is 31.9 Å². The van der Waals surface area contributed by atoms with Crippen LogP contribution in [0.25, 0.3) is 0 Å². The van der Waals surface area contributed by atoms with Gasteiger partial charge in [-0.15, -0.1) is 0 Å². The normalized spacial score (nSPS) is 13.1. The van der Waals surface area contributed by atoms with Crippen molar-refractivity contribution in [3.05, 3.63) is 64.2 Å². The maximum Gasteiger partial charge on any atom is 0.416 e. The Balaban J connectivity index is 1.35. The molecule has 180 valence electrons. The van der Waals surface area contributed by atoms with Crippen molar-refractivity contribution < 1.29 is 37.1 Å². The van der Waals surface area contributed by atoms with Gasteiger partial charge in [-0.2, -0.15) is 13.2 Å². The summed E-state index contributed by atoms with van der Waals surface area (Å²) in [5.41, 5.74) is -0.474. The number of halogens is 4. The number of carbonyl (C=O) groups is 4. The first-order chi connectivity index (χ1) is 16.1. The average molecular weight is 497 g/mol. The van der Waals surface area contributed by atoms with Gasteiger partial charge in [0.05, 0.1) is 27.4 Å². The molecule has 2 aromatic carbocycles. The van der Waals surface area contributed by atoms with E-state index in [4.69, 9.17) is 16.3 Å². The predicted octanol–water partition coefficient (Wildman–Crippen LogP) is 4.70. The van der Waals surface area contributed by atoms with Gasteiger partial charge in [-0.3, -0.25) is 24.1 Å².